The van der Waals surface area contributed by atoms with E-state index in [4.69, 9.17) is 5.26 Å². The molecule has 2 aromatic rings. The molecular formula is C18H16N4O. The monoisotopic (exact) mass is 304 g/mol. The molecule has 0 aliphatic carbocycles. The molecular weight excluding hydrogens is 288 g/mol. The van der Waals surface area contributed by atoms with E-state index in [2.05, 4.69) is 11.4 Å². The van der Waals surface area contributed by atoms with Crippen LogP contribution in [0.2, 0.25) is 0 Å². The van der Waals surface area contributed by atoms with Gasteiger partial charge in [0.2, 0.25) is 0 Å². The van der Waals surface area contributed by atoms with E-state index in [0.29, 0.717) is 17.8 Å². The third-order valence-electron chi connectivity index (χ3n) is 3.65. The number of nitrogens with one attached hydrogen (secondary N) is 1. The van der Waals surface area contributed by atoms with Gasteiger partial charge in [0.25, 0.3) is 5.91 Å². The second-order valence-corrected chi connectivity index (χ2v) is 5.08. The minimum Gasteiger partial charge on any atom is -0.347 e. The highest BCUT2D eigenvalue weighted by Gasteiger charge is 2.12. The quantitative estimate of drug-likeness (QED) is 0.695. The van der Waals surface area contributed by atoms with Gasteiger partial charge in [0.1, 0.15) is 23.4 Å². The smallest absolute Gasteiger partial charge is 0.262 e. The summed E-state index contributed by atoms with van der Waals surface area (Å²) >= 11 is 0. The fourth-order valence-electron chi connectivity index (χ4n) is 2.15. The molecule has 0 aliphatic rings. The summed E-state index contributed by atoms with van der Waals surface area (Å²) in [6.45, 7) is 2.19. The molecule has 1 amide bonds. The number of carbonyl (C=O) groups is 1. The van der Waals surface area contributed by atoms with Gasteiger partial charge in [-0.1, -0.05) is 30.3 Å². The van der Waals surface area contributed by atoms with Crippen molar-refractivity contribution >= 4 is 12.0 Å². The topological polar surface area (TPSA) is 81.6 Å². The number of aromatic nitrogens is 1. The van der Waals surface area contributed by atoms with Crippen LogP contribution in [0.5, 0.6) is 0 Å². The molecule has 0 spiro atoms. The predicted octanol–water partition coefficient (Wildman–Crippen LogP) is 2.43. The molecule has 0 saturated carbocycles. The van der Waals surface area contributed by atoms with Crippen LogP contribution in [0.1, 0.15) is 22.5 Å². The highest BCUT2D eigenvalue weighted by atomic mass is 16.1. The van der Waals surface area contributed by atoms with Crippen molar-refractivity contribution in [3.63, 3.8) is 0 Å². The normalized spacial score (nSPS) is 10.7. The lowest BCUT2D eigenvalue weighted by Crippen LogP contribution is -2.23. The maximum atomic E-state index is 12.2. The average Bonchev–Trinajstić information content (AvgIpc) is 2.86. The molecule has 0 aliphatic heterocycles. The number of nitriles is 2. The zero-order valence-electron chi connectivity index (χ0n) is 13.0. The Balaban J connectivity index is 2.18. The fourth-order valence-corrected chi connectivity index (χ4v) is 2.15. The van der Waals surface area contributed by atoms with Crippen LogP contribution in [0.4, 0.5) is 0 Å². The average molecular weight is 304 g/mol. The van der Waals surface area contributed by atoms with E-state index in [9.17, 15) is 10.1 Å². The lowest BCUT2D eigenvalue weighted by molar-refractivity contribution is -0.117. The van der Waals surface area contributed by atoms with Crippen molar-refractivity contribution in [2.45, 2.75) is 13.5 Å². The maximum Gasteiger partial charge on any atom is 0.262 e. The molecule has 1 aromatic heterocycles. The maximum absolute atomic E-state index is 12.2. The predicted molar refractivity (Wildman–Crippen MR) is 86.7 cm³/mol. The number of amides is 1. The van der Waals surface area contributed by atoms with Gasteiger partial charge in [-0.2, -0.15) is 10.5 Å². The van der Waals surface area contributed by atoms with Crippen molar-refractivity contribution in [3.8, 4) is 12.1 Å². The largest absolute Gasteiger partial charge is 0.347 e. The molecule has 2 rings (SSSR count). The number of benzene rings is 1. The Morgan fingerprint density at radius 1 is 1.30 bits per heavy atom. The van der Waals surface area contributed by atoms with Gasteiger partial charge in [-0.05, 0) is 30.2 Å². The Morgan fingerprint density at radius 3 is 2.57 bits per heavy atom. The van der Waals surface area contributed by atoms with Crippen molar-refractivity contribution in [3.05, 3.63) is 64.5 Å². The van der Waals surface area contributed by atoms with Gasteiger partial charge in [0.15, 0.2) is 0 Å². The van der Waals surface area contributed by atoms with Crippen molar-refractivity contribution in [2.75, 3.05) is 0 Å². The lowest BCUT2D eigenvalue weighted by Gasteiger charge is -2.04. The first-order chi connectivity index (χ1) is 11.1. The SMILES string of the molecule is Cc1c(/C=C(\C#N)C(=O)NCc2ccccc2)cc(C#N)n1C. The molecule has 0 atom stereocenters. The van der Waals surface area contributed by atoms with Crippen LogP contribution >= 0.6 is 0 Å². The molecule has 1 aromatic carbocycles. The van der Waals surface area contributed by atoms with Crippen LogP contribution in [0.15, 0.2) is 42.0 Å². The first kappa shape index (κ1) is 16.1. The summed E-state index contributed by atoms with van der Waals surface area (Å²) in [7, 11) is 1.77. The van der Waals surface area contributed by atoms with E-state index in [0.717, 1.165) is 11.3 Å². The molecule has 1 heterocycles. The van der Waals surface area contributed by atoms with Gasteiger partial charge in [0.05, 0.1) is 0 Å². The molecule has 0 fully saturated rings. The van der Waals surface area contributed by atoms with E-state index in [1.165, 1.54) is 6.08 Å². The van der Waals surface area contributed by atoms with Crippen LogP contribution in [-0.4, -0.2) is 10.5 Å². The molecule has 1 N–H and O–H groups in total. The van der Waals surface area contributed by atoms with E-state index < -0.39 is 5.91 Å². The van der Waals surface area contributed by atoms with Gasteiger partial charge in [-0.3, -0.25) is 4.79 Å². The summed E-state index contributed by atoms with van der Waals surface area (Å²) in [5, 5.41) is 21.0. The Kier molecular flexibility index (Phi) is 4.96. The van der Waals surface area contributed by atoms with Crippen LogP contribution in [0.3, 0.4) is 0 Å². The summed E-state index contributed by atoms with van der Waals surface area (Å²) < 4.78 is 1.72. The Hall–Kier alpha value is -3.31. The van der Waals surface area contributed by atoms with Crippen molar-refractivity contribution in [1.82, 2.24) is 9.88 Å². The van der Waals surface area contributed by atoms with E-state index in [1.807, 2.05) is 43.3 Å². The molecule has 5 nitrogen and oxygen atoms in total. The summed E-state index contributed by atoms with van der Waals surface area (Å²) in [6, 6.07) is 15.1. The van der Waals surface area contributed by atoms with Crippen LogP contribution < -0.4 is 5.32 Å². The summed E-state index contributed by atoms with van der Waals surface area (Å²) in [4.78, 5) is 12.2. The summed E-state index contributed by atoms with van der Waals surface area (Å²) in [5.41, 5.74) is 2.97. The number of nitrogens with zero attached hydrogens (tertiary/aromatic N) is 3. The van der Waals surface area contributed by atoms with E-state index >= 15 is 0 Å². The minimum absolute atomic E-state index is 0.0131. The van der Waals surface area contributed by atoms with Gasteiger partial charge < -0.3 is 9.88 Å². The summed E-state index contributed by atoms with van der Waals surface area (Å²) in [6.07, 6.45) is 1.51. The molecule has 0 radical (unpaired) electrons. The molecule has 0 bridgehead atoms. The zero-order valence-corrected chi connectivity index (χ0v) is 13.0. The molecule has 5 heteroatoms. The molecule has 23 heavy (non-hydrogen) atoms. The number of hydrogen-bond donors (Lipinski definition) is 1. The first-order valence-electron chi connectivity index (χ1n) is 7.07. The third-order valence-corrected chi connectivity index (χ3v) is 3.65. The van der Waals surface area contributed by atoms with Crippen molar-refractivity contribution < 1.29 is 4.79 Å². The standard InChI is InChI=1S/C18H16N4O/c1-13-15(9-17(11-20)22(13)2)8-16(10-19)18(23)21-12-14-6-4-3-5-7-14/h3-9H,12H2,1-2H3,(H,21,23)/b16-8+. The van der Waals surface area contributed by atoms with Crippen LogP contribution in [0, 0.1) is 29.6 Å². The molecule has 0 saturated heterocycles. The Labute approximate surface area is 135 Å². The Morgan fingerprint density at radius 2 is 2.00 bits per heavy atom. The first-order valence-corrected chi connectivity index (χ1v) is 7.07. The molecule has 114 valence electrons. The van der Waals surface area contributed by atoms with Gasteiger partial charge >= 0.3 is 0 Å². The second kappa shape index (κ2) is 7.11. The molecule has 0 unspecified atom stereocenters. The number of rotatable bonds is 4. The van der Waals surface area contributed by atoms with Crippen LogP contribution in [0.25, 0.3) is 6.08 Å². The fraction of sp³-hybridized carbons (Fsp3) is 0.167. The highest BCUT2D eigenvalue weighted by Crippen LogP contribution is 2.17. The zero-order chi connectivity index (χ0) is 16.8. The summed E-state index contributed by atoms with van der Waals surface area (Å²) in [5.74, 6) is -0.432. The third kappa shape index (κ3) is 3.66. The lowest BCUT2D eigenvalue weighted by atomic mass is 10.1. The van der Waals surface area contributed by atoms with Gasteiger partial charge in [-0.25, -0.2) is 0 Å². The van der Waals surface area contributed by atoms with Crippen molar-refractivity contribution in [2.24, 2.45) is 7.05 Å². The highest BCUT2D eigenvalue weighted by molar-refractivity contribution is 6.01. The second-order valence-electron chi connectivity index (χ2n) is 5.08. The van der Waals surface area contributed by atoms with Crippen LogP contribution in [-0.2, 0) is 18.4 Å². The van der Waals surface area contributed by atoms with Crippen molar-refractivity contribution in [1.29, 1.82) is 10.5 Å². The minimum atomic E-state index is -0.432. The Bertz CT molecular complexity index is 832. The van der Waals surface area contributed by atoms with E-state index in [-0.39, 0.29) is 5.57 Å². The van der Waals surface area contributed by atoms with Gasteiger partial charge in [-0.15, -0.1) is 0 Å². The number of carbonyl (C=O) groups excluding carboxylic acids is 1. The van der Waals surface area contributed by atoms with Gasteiger partial charge in [0, 0.05) is 19.3 Å². The number of hydrogen-bond acceptors (Lipinski definition) is 3. The van der Waals surface area contributed by atoms with E-state index in [1.54, 1.807) is 17.7 Å².